The van der Waals surface area contributed by atoms with Crippen molar-refractivity contribution < 1.29 is 9.32 Å². The first-order valence-corrected chi connectivity index (χ1v) is 6.06. The van der Waals surface area contributed by atoms with E-state index in [9.17, 15) is 4.79 Å². The number of nitrogens with two attached hydrogens (primary N) is 1. The highest BCUT2D eigenvalue weighted by molar-refractivity contribution is 6.31. The molecular formula is C12H13ClN4O2. The van der Waals surface area contributed by atoms with Crippen molar-refractivity contribution in [1.82, 2.24) is 15.5 Å². The van der Waals surface area contributed by atoms with Crippen LogP contribution in [0, 0.1) is 6.92 Å². The molecule has 1 heterocycles. The van der Waals surface area contributed by atoms with Crippen molar-refractivity contribution in [3.05, 3.63) is 40.5 Å². The van der Waals surface area contributed by atoms with Crippen molar-refractivity contribution in [1.29, 1.82) is 0 Å². The monoisotopic (exact) mass is 280 g/mol. The lowest BCUT2D eigenvalue weighted by molar-refractivity contribution is 0.0955. The second kappa shape index (κ2) is 5.71. The summed E-state index contributed by atoms with van der Waals surface area (Å²) < 4.78 is 4.83. The Morgan fingerprint density at radius 2 is 2.32 bits per heavy atom. The molecule has 0 unspecified atom stereocenters. The molecule has 0 atom stereocenters. The molecule has 2 aromatic rings. The zero-order valence-electron chi connectivity index (χ0n) is 10.3. The number of aromatic nitrogens is 2. The molecule has 0 fully saturated rings. The number of carbonyl (C=O) groups is 1. The molecule has 0 radical (unpaired) electrons. The molecule has 0 aliphatic rings. The van der Waals surface area contributed by atoms with Crippen molar-refractivity contribution in [2.45, 2.75) is 13.3 Å². The quantitative estimate of drug-likeness (QED) is 0.829. The van der Waals surface area contributed by atoms with Gasteiger partial charge in [-0.2, -0.15) is 4.98 Å². The third-order valence-electron chi connectivity index (χ3n) is 2.46. The molecule has 6 nitrogen and oxygen atoms in total. The van der Waals surface area contributed by atoms with Gasteiger partial charge in [-0.05, 0) is 18.2 Å². The summed E-state index contributed by atoms with van der Waals surface area (Å²) in [5, 5.41) is 6.96. The van der Waals surface area contributed by atoms with E-state index in [0.717, 1.165) is 0 Å². The van der Waals surface area contributed by atoms with Gasteiger partial charge in [0.2, 0.25) is 5.89 Å². The van der Waals surface area contributed by atoms with Crippen LogP contribution in [0.15, 0.2) is 22.7 Å². The maximum absolute atomic E-state index is 11.9. The number of hydrogen-bond donors (Lipinski definition) is 2. The smallest absolute Gasteiger partial charge is 0.253 e. The van der Waals surface area contributed by atoms with E-state index in [0.29, 0.717) is 41.0 Å². The Morgan fingerprint density at radius 3 is 2.95 bits per heavy atom. The number of aryl methyl sites for hydroxylation is 1. The molecule has 0 saturated carbocycles. The molecule has 1 amide bonds. The number of anilines is 1. The van der Waals surface area contributed by atoms with E-state index in [1.807, 2.05) is 0 Å². The van der Waals surface area contributed by atoms with Crippen LogP contribution in [0.4, 0.5) is 5.69 Å². The molecule has 0 aliphatic heterocycles. The van der Waals surface area contributed by atoms with Gasteiger partial charge in [-0.25, -0.2) is 0 Å². The van der Waals surface area contributed by atoms with Crippen LogP contribution in [-0.4, -0.2) is 22.6 Å². The Kier molecular flexibility index (Phi) is 4.01. The molecule has 1 aromatic carbocycles. The predicted molar refractivity (Wildman–Crippen MR) is 70.9 cm³/mol. The Labute approximate surface area is 114 Å². The second-order valence-corrected chi connectivity index (χ2v) is 4.40. The largest absolute Gasteiger partial charge is 0.398 e. The number of nitrogen functional groups attached to an aromatic ring is 1. The third kappa shape index (κ3) is 3.45. The molecule has 1 aromatic heterocycles. The number of carbonyl (C=O) groups excluding carboxylic acids is 1. The average molecular weight is 281 g/mol. The third-order valence-corrected chi connectivity index (χ3v) is 2.70. The standard InChI is InChI=1S/C12H13ClN4O2/c1-7-16-11(17-19-7)4-5-15-12(18)9-3-2-8(13)6-10(9)14/h2-3,6H,4-5,14H2,1H3,(H,15,18). The first-order valence-electron chi connectivity index (χ1n) is 5.68. The zero-order valence-corrected chi connectivity index (χ0v) is 11.1. The predicted octanol–water partition coefficient (Wildman–Crippen LogP) is 1.59. The number of halogens is 1. The summed E-state index contributed by atoms with van der Waals surface area (Å²) in [6, 6.07) is 4.75. The highest BCUT2D eigenvalue weighted by atomic mass is 35.5. The fraction of sp³-hybridized carbons (Fsp3) is 0.250. The minimum Gasteiger partial charge on any atom is -0.398 e. The van der Waals surface area contributed by atoms with Gasteiger partial charge in [0.05, 0.1) is 5.56 Å². The minimum absolute atomic E-state index is 0.255. The summed E-state index contributed by atoms with van der Waals surface area (Å²) in [6.45, 7) is 2.11. The maximum atomic E-state index is 11.9. The van der Waals surface area contributed by atoms with Crippen LogP contribution in [0.25, 0.3) is 0 Å². The van der Waals surface area contributed by atoms with E-state index >= 15 is 0 Å². The number of nitrogens with one attached hydrogen (secondary N) is 1. The number of rotatable bonds is 4. The average Bonchev–Trinajstić information content (AvgIpc) is 2.75. The summed E-state index contributed by atoms with van der Waals surface area (Å²) in [5.41, 5.74) is 6.47. The van der Waals surface area contributed by atoms with Gasteiger partial charge in [0, 0.05) is 30.6 Å². The van der Waals surface area contributed by atoms with Crippen molar-refractivity contribution in [3.8, 4) is 0 Å². The van der Waals surface area contributed by atoms with Crippen molar-refractivity contribution in [2.75, 3.05) is 12.3 Å². The van der Waals surface area contributed by atoms with E-state index < -0.39 is 0 Å². The first kappa shape index (κ1) is 13.4. The van der Waals surface area contributed by atoms with Crippen LogP contribution in [0.5, 0.6) is 0 Å². The summed E-state index contributed by atoms with van der Waals surface area (Å²) in [5.74, 6) is 0.805. The lowest BCUT2D eigenvalue weighted by Gasteiger charge is -2.06. The summed E-state index contributed by atoms with van der Waals surface area (Å²) in [4.78, 5) is 15.9. The lowest BCUT2D eigenvalue weighted by Crippen LogP contribution is -2.26. The van der Waals surface area contributed by atoms with Gasteiger partial charge in [-0.1, -0.05) is 16.8 Å². The molecule has 7 heteroatoms. The normalized spacial score (nSPS) is 10.4. The Morgan fingerprint density at radius 1 is 1.53 bits per heavy atom. The fourth-order valence-electron chi connectivity index (χ4n) is 1.57. The Hall–Kier alpha value is -2.08. The van der Waals surface area contributed by atoms with Crippen LogP contribution < -0.4 is 11.1 Å². The van der Waals surface area contributed by atoms with E-state index in [2.05, 4.69) is 15.5 Å². The Balaban J connectivity index is 1.90. The van der Waals surface area contributed by atoms with E-state index in [1.165, 1.54) is 0 Å². The number of benzene rings is 1. The molecule has 0 aliphatic carbocycles. The number of nitrogens with zero attached hydrogens (tertiary/aromatic N) is 2. The fourth-order valence-corrected chi connectivity index (χ4v) is 1.75. The SMILES string of the molecule is Cc1nc(CCNC(=O)c2ccc(Cl)cc2N)no1. The Bertz CT molecular complexity index is 597. The minimum atomic E-state index is -0.255. The van der Waals surface area contributed by atoms with E-state index in [4.69, 9.17) is 21.9 Å². The van der Waals surface area contributed by atoms with Gasteiger partial charge >= 0.3 is 0 Å². The van der Waals surface area contributed by atoms with Gasteiger partial charge in [-0.3, -0.25) is 4.79 Å². The van der Waals surface area contributed by atoms with Crippen LogP contribution in [-0.2, 0) is 6.42 Å². The first-order chi connectivity index (χ1) is 9.06. The molecule has 3 N–H and O–H groups in total. The summed E-state index contributed by atoms with van der Waals surface area (Å²) in [7, 11) is 0. The van der Waals surface area contributed by atoms with Gasteiger partial charge < -0.3 is 15.6 Å². The number of amides is 1. The van der Waals surface area contributed by atoms with Gasteiger partial charge in [0.25, 0.3) is 5.91 Å². The van der Waals surface area contributed by atoms with Crippen molar-refractivity contribution in [3.63, 3.8) is 0 Å². The second-order valence-electron chi connectivity index (χ2n) is 3.97. The van der Waals surface area contributed by atoms with Gasteiger partial charge in [0.1, 0.15) is 0 Å². The molecule has 100 valence electrons. The van der Waals surface area contributed by atoms with Crippen LogP contribution in [0.2, 0.25) is 5.02 Å². The number of hydrogen-bond acceptors (Lipinski definition) is 5. The molecule has 19 heavy (non-hydrogen) atoms. The van der Waals surface area contributed by atoms with Crippen LogP contribution in [0.3, 0.4) is 0 Å². The summed E-state index contributed by atoms with van der Waals surface area (Å²) >= 11 is 5.77. The molecule has 0 saturated heterocycles. The van der Waals surface area contributed by atoms with Crippen LogP contribution in [0.1, 0.15) is 22.1 Å². The van der Waals surface area contributed by atoms with E-state index in [-0.39, 0.29) is 5.91 Å². The lowest BCUT2D eigenvalue weighted by atomic mass is 10.1. The van der Waals surface area contributed by atoms with Crippen LogP contribution >= 0.6 is 11.6 Å². The van der Waals surface area contributed by atoms with Crippen molar-refractivity contribution >= 4 is 23.2 Å². The van der Waals surface area contributed by atoms with Gasteiger partial charge in [0.15, 0.2) is 5.82 Å². The molecule has 2 rings (SSSR count). The van der Waals surface area contributed by atoms with Crippen molar-refractivity contribution in [2.24, 2.45) is 0 Å². The molecule has 0 spiro atoms. The summed E-state index contributed by atoms with van der Waals surface area (Å²) in [6.07, 6.45) is 0.497. The zero-order chi connectivity index (χ0) is 13.8. The maximum Gasteiger partial charge on any atom is 0.253 e. The topological polar surface area (TPSA) is 94.0 Å². The highest BCUT2D eigenvalue weighted by Gasteiger charge is 2.10. The van der Waals surface area contributed by atoms with Gasteiger partial charge in [-0.15, -0.1) is 0 Å². The van der Waals surface area contributed by atoms with E-state index in [1.54, 1.807) is 25.1 Å². The highest BCUT2D eigenvalue weighted by Crippen LogP contribution is 2.17. The molecule has 0 bridgehead atoms. The molecular weight excluding hydrogens is 268 g/mol.